The van der Waals surface area contributed by atoms with Gasteiger partial charge in [-0.1, -0.05) is 41.4 Å². The third kappa shape index (κ3) is 2.36. The SMILES string of the molecule is CC(=Cc1ccccc1Cl)CN. The fourth-order valence-electron chi connectivity index (χ4n) is 0.917. The zero-order valence-electron chi connectivity index (χ0n) is 7.05. The van der Waals surface area contributed by atoms with E-state index in [0.29, 0.717) is 6.54 Å². The van der Waals surface area contributed by atoms with Gasteiger partial charge in [0.15, 0.2) is 0 Å². The van der Waals surface area contributed by atoms with E-state index in [1.54, 1.807) is 0 Å². The van der Waals surface area contributed by atoms with Crippen LogP contribution < -0.4 is 5.73 Å². The number of halogens is 1. The molecule has 0 fully saturated rings. The van der Waals surface area contributed by atoms with Crippen molar-refractivity contribution in [3.8, 4) is 0 Å². The summed E-state index contributed by atoms with van der Waals surface area (Å²) < 4.78 is 0. The molecule has 2 N–H and O–H groups in total. The van der Waals surface area contributed by atoms with Crippen molar-refractivity contribution in [2.24, 2.45) is 5.73 Å². The van der Waals surface area contributed by atoms with Gasteiger partial charge in [-0.15, -0.1) is 0 Å². The van der Waals surface area contributed by atoms with Crippen molar-refractivity contribution >= 4 is 17.7 Å². The van der Waals surface area contributed by atoms with E-state index < -0.39 is 0 Å². The Balaban J connectivity index is 2.96. The summed E-state index contributed by atoms with van der Waals surface area (Å²) in [6.07, 6.45) is 2.00. The number of nitrogens with two attached hydrogens (primary N) is 1. The van der Waals surface area contributed by atoms with Gasteiger partial charge in [-0.2, -0.15) is 0 Å². The Morgan fingerprint density at radius 2 is 2.17 bits per heavy atom. The third-order valence-corrected chi connectivity index (χ3v) is 1.97. The number of hydrogen-bond acceptors (Lipinski definition) is 1. The first kappa shape index (κ1) is 9.30. The Kier molecular flexibility index (Phi) is 3.32. The molecule has 2 heteroatoms. The first-order valence-corrected chi connectivity index (χ1v) is 4.23. The lowest BCUT2D eigenvalue weighted by Gasteiger charge is -1.99. The molecule has 0 unspecified atom stereocenters. The molecule has 0 atom stereocenters. The van der Waals surface area contributed by atoms with Gasteiger partial charge in [0.25, 0.3) is 0 Å². The summed E-state index contributed by atoms with van der Waals surface area (Å²) in [5.74, 6) is 0. The van der Waals surface area contributed by atoms with Gasteiger partial charge in [0, 0.05) is 11.6 Å². The fraction of sp³-hybridized carbons (Fsp3) is 0.200. The predicted octanol–water partition coefficient (Wildman–Crippen LogP) is 2.70. The summed E-state index contributed by atoms with van der Waals surface area (Å²) in [6, 6.07) is 7.72. The summed E-state index contributed by atoms with van der Waals surface area (Å²) in [6.45, 7) is 2.56. The van der Waals surface area contributed by atoms with Crippen molar-refractivity contribution in [2.45, 2.75) is 6.92 Å². The number of benzene rings is 1. The van der Waals surface area contributed by atoms with Crippen LogP contribution in [0.25, 0.3) is 6.08 Å². The number of rotatable bonds is 2. The van der Waals surface area contributed by atoms with Gasteiger partial charge in [0.05, 0.1) is 0 Å². The van der Waals surface area contributed by atoms with Crippen LogP contribution in [-0.2, 0) is 0 Å². The van der Waals surface area contributed by atoms with Crippen LogP contribution in [0.4, 0.5) is 0 Å². The van der Waals surface area contributed by atoms with Crippen LogP contribution in [0, 0.1) is 0 Å². The average molecular weight is 182 g/mol. The van der Waals surface area contributed by atoms with Gasteiger partial charge in [0.1, 0.15) is 0 Å². The van der Waals surface area contributed by atoms with Crippen molar-refractivity contribution in [3.63, 3.8) is 0 Å². The van der Waals surface area contributed by atoms with Crippen LogP contribution in [0.1, 0.15) is 12.5 Å². The Bertz CT molecular complexity index is 292. The van der Waals surface area contributed by atoms with Crippen molar-refractivity contribution in [1.29, 1.82) is 0 Å². The van der Waals surface area contributed by atoms with Gasteiger partial charge in [-0.3, -0.25) is 0 Å². The summed E-state index contributed by atoms with van der Waals surface area (Å²) in [7, 11) is 0. The monoisotopic (exact) mass is 181 g/mol. The Hall–Kier alpha value is -0.790. The normalized spacial score (nSPS) is 11.8. The van der Waals surface area contributed by atoms with E-state index in [0.717, 1.165) is 16.2 Å². The molecule has 1 nitrogen and oxygen atoms in total. The lowest BCUT2D eigenvalue weighted by Crippen LogP contribution is -1.99. The highest BCUT2D eigenvalue weighted by Gasteiger charge is 1.94. The minimum atomic E-state index is 0.575. The highest BCUT2D eigenvalue weighted by atomic mass is 35.5. The second-order valence-electron chi connectivity index (χ2n) is 2.72. The summed E-state index contributed by atoms with van der Waals surface area (Å²) in [4.78, 5) is 0. The molecule has 1 aromatic carbocycles. The summed E-state index contributed by atoms with van der Waals surface area (Å²) >= 11 is 5.94. The maximum atomic E-state index is 5.94. The predicted molar refractivity (Wildman–Crippen MR) is 54.2 cm³/mol. The molecule has 0 heterocycles. The molecule has 0 aliphatic rings. The molecule has 0 saturated heterocycles. The van der Waals surface area contributed by atoms with E-state index >= 15 is 0 Å². The molecule has 0 spiro atoms. The smallest absolute Gasteiger partial charge is 0.0478 e. The molecule has 0 amide bonds. The molecule has 0 radical (unpaired) electrons. The highest BCUT2D eigenvalue weighted by Crippen LogP contribution is 2.17. The largest absolute Gasteiger partial charge is 0.327 e. The first-order chi connectivity index (χ1) is 5.74. The van der Waals surface area contributed by atoms with Crippen LogP contribution >= 0.6 is 11.6 Å². The van der Waals surface area contributed by atoms with E-state index in [2.05, 4.69) is 0 Å². The van der Waals surface area contributed by atoms with Gasteiger partial charge in [0.2, 0.25) is 0 Å². The molecule has 64 valence electrons. The third-order valence-electron chi connectivity index (χ3n) is 1.63. The molecule has 0 saturated carbocycles. The van der Waals surface area contributed by atoms with Gasteiger partial charge >= 0.3 is 0 Å². The van der Waals surface area contributed by atoms with Crippen molar-refractivity contribution in [3.05, 3.63) is 40.4 Å². The molecular formula is C10H12ClN. The second kappa shape index (κ2) is 4.29. The van der Waals surface area contributed by atoms with E-state index in [1.165, 1.54) is 0 Å². The van der Waals surface area contributed by atoms with E-state index in [9.17, 15) is 0 Å². The molecular weight excluding hydrogens is 170 g/mol. The zero-order valence-corrected chi connectivity index (χ0v) is 7.81. The van der Waals surface area contributed by atoms with Crippen molar-refractivity contribution < 1.29 is 0 Å². The molecule has 0 bridgehead atoms. The van der Waals surface area contributed by atoms with Gasteiger partial charge in [-0.25, -0.2) is 0 Å². The topological polar surface area (TPSA) is 26.0 Å². The Labute approximate surface area is 77.8 Å². The Morgan fingerprint density at radius 1 is 1.50 bits per heavy atom. The van der Waals surface area contributed by atoms with Crippen LogP contribution in [-0.4, -0.2) is 6.54 Å². The first-order valence-electron chi connectivity index (χ1n) is 3.86. The van der Waals surface area contributed by atoms with Gasteiger partial charge in [-0.05, 0) is 18.6 Å². The van der Waals surface area contributed by atoms with E-state index in [4.69, 9.17) is 17.3 Å². The molecule has 1 aromatic rings. The van der Waals surface area contributed by atoms with Crippen LogP contribution in [0.15, 0.2) is 29.8 Å². The van der Waals surface area contributed by atoms with E-state index in [-0.39, 0.29) is 0 Å². The number of hydrogen-bond donors (Lipinski definition) is 1. The van der Waals surface area contributed by atoms with Crippen molar-refractivity contribution in [2.75, 3.05) is 6.54 Å². The minimum Gasteiger partial charge on any atom is -0.327 e. The lowest BCUT2D eigenvalue weighted by molar-refractivity contribution is 1.15. The Morgan fingerprint density at radius 3 is 2.75 bits per heavy atom. The second-order valence-corrected chi connectivity index (χ2v) is 3.12. The van der Waals surface area contributed by atoms with Crippen molar-refractivity contribution in [1.82, 2.24) is 0 Å². The summed E-state index contributed by atoms with van der Waals surface area (Å²) in [5.41, 5.74) is 7.62. The molecule has 12 heavy (non-hydrogen) atoms. The van der Waals surface area contributed by atoms with Crippen LogP contribution in [0.2, 0.25) is 5.02 Å². The summed E-state index contributed by atoms with van der Waals surface area (Å²) in [5, 5.41) is 0.769. The highest BCUT2D eigenvalue weighted by molar-refractivity contribution is 6.32. The standard InChI is InChI=1S/C10H12ClN/c1-8(7-12)6-9-4-2-3-5-10(9)11/h2-6H,7,12H2,1H3. The maximum Gasteiger partial charge on any atom is 0.0478 e. The molecule has 1 rings (SSSR count). The quantitative estimate of drug-likeness (QED) is 0.746. The minimum absolute atomic E-state index is 0.575. The van der Waals surface area contributed by atoms with Gasteiger partial charge < -0.3 is 5.73 Å². The maximum absolute atomic E-state index is 5.94. The van der Waals surface area contributed by atoms with Crippen LogP contribution in [0.5, 0.6) is 0 Å². The van der Waals surface area contributed by atoms with Crippen LogP contribution in [0.3, 0.4) is 0 Å². The molecule has 0 aliphatic carbocycles. The molecule has 0 aliphatic heterocycles. The lowest BCUT2D eigenvalue weighted by atomic mass is 10.1. The average Bonchev–Trinajstić information content (AvgIpc) is 2.09. The molecule has 0 aromatic heterocycles. The fourth-order valence-corrected chi connectivity index (χ4v) is 1.11. The zero-order chi connectivity index (χ0) is 8.97. The van der Waals surface area contributed by atoms with E-state index in [1.807, 2.05) is 37.3 Å².